The van der Waals surface area contributed by atoms with Crippen LogP contribution in [0.4, 0.5) is 0 Å². The number of carbonyl (C=O) groups excluding carboxylic acids is 1. The first-order valence-electron chi connectivity index (χ1n) is 9.23. The highest BCUT2D eigenvalue weighted by Gasteiger charge is 2.21. The number of amides is 1. The molecule has 0 saturated heterocycles. The van der Waals surface area contributed by atoms with Gasteiger partial charge in [-0.25, -0.2) is 4.99 Å². The quantitative estimate of drug-likeness (QED) is 0.229. The summed E-state index contributed by atoms with van der Waals surface area (Å²) in [6.07, 6.45) is 1.87. The summed E-state index contributed by atoms with van der Waals surface area (Å²) in [5.41, 5.74) is 1.42. The highest BCUT2D eigenvalue weighted by Crippen LogP contribution is 2.36. The largest absolute Gasteiger partial charge is 0.371 e. The molecule has 1 aliphatic rings. The predicted molar refractivity (Wildman–Crippen MR) is 118 cm³/mol. The van der Waals surface area contributed by atoms with Crippen LogP contribution in [0.2, 0.25) is 0 Å². The van der Waals surface area contributed by atoms with Crippen LogP contribution in [0.5, 0.6) is 0 Å². The van der Waals surface area contributed by atoms with E-state index in [9.17, 15) is 4.79 Å². The predicted octanol–water partition coefficient (Wildman–Crippen LogP) is 5.14. The van der Waals surface area contributed by atoms with E-state index >= 15 is 0 Å². The maximum atomic E-state index is 12.3. The van der Waals surface area contributed by atoms with Gasteiger partial charge in [-0.3, -0.25) is 10.1 Å². The monoisotopic (exact) mass is 386 g/mol. The molecule has 0 aromatic heterocycles. The third-order valence-electron chi connectivity index (χ3n) is 5.01. The van der Waals surface area contributed by atoms with Crippen LogP contribution in [0.1, 0.15) is 12.5 Å². The van der Waals surface area contributed by atoms with Crippen molar-refractivity contribution in [2.24, 2.45) is 4.99 Å². The van der Waals surface area contributed by atoms with E-state index in [1.54, 1.807) is 0 Å². The molecular formula is C23H18N2O2S. The van der Waals surface area contributed by atoms with E-state index in [0.29, 0.717) is 23.4 Å². The van der Waals surface area contributed by atoms with E-state index in [0.717, 1.165) is 10.9 Å². The van der Waals surface area contributed by atoms with Crippen molar-refractivity contribution < 1.29 is 9.53 Å². The molecule has 4 aromatic carbocycles. The van der Waals surface area contributed by atoms with Crippen LogP contribution in [0.25, 0.3) is 38.4 Å². The Labute approximate surface area is 166 Å². The number of ether oxygens (including phenoxy) is 1. The second-order valence-electron chi connectivity index (χ2n) is 6.67. The molecule has 28 heavy (non-hydrogen) atoms. The molecule has 0 unspecified atom stereocenters. The fraction of sp³-hybridized carbons (Fsp3) is 0.130. The zero-order valence-electron chi connectivity index (χ0n) is 15.4. The molecule has 1 N–H and O–H groups in total. The van der Waals surface area contributed by atoms with E-state index in [1.807, 2.05) is 13.0 Å². The molecule has 1 aliphatic heterocycles. The number of rotatable bonds is 4. The molecule has 0 spiro atoms. The average molecular weight is 386 g/mol. The molecule has 0 fully saturated rings. The molecule has 4 nitrogen and oxygen atoms in total. The van der Waals surface area contributed by atoms with Gasteiger partial charge in [0.25, 0.3) is 5.91 Å². The third-order valence-corrected chi connectivity index (χ3v) is 5.76. The van der Waals surface area contributed by atoms with Gasteiger partial charge >= 0.3 is 0 Å². The lowest BCUT2D eigenvalue weighted by Gasteiger charge is -2.12. The van der Waals surface area contributed by atoms with Crippen molar-refractivity contribution >= 4 is 61.2 Å². The van der Waals surface area contributed by atoms with Crippen LogP contribution in [0.15, 0.2) is 65.3 Å². The summed E-state index contributed by atoms with van der Waals surface area (Å²) in [5.74, 6) is 0.298. The Morgan fingerprint density at radius 2 is 1.71 bits per heavy atom. The molecule has 0 aliphatic carbocycles. The Morgan fingerprint density at radius 1 is 1.00 bits per heavy atom. The van der Waals surface area contributed by atoms with Gasteiger partial charge in [0.2, 0.25) is 0 Å². The highest BCUT2D eigenvalue weighted by molar-refractivity contribution is 8.13. The summed E-state index contributed by atoms with van der Waals surface area (Å²) < 4.78 is 5.32. The zero-order valence-corrected chi connectivity index (χ0v) is 16.2. The van der Waals surface area contributed by atoms with Gasteiger partial charge in [-0.2, -0.15) is 0 Å². The van der Waals surface area contributed by atoms with E-state index in [2.05, 4.69) is 64.9 Å². The van der Waals surface area contributed by atoms with Gasteiger partial charge in [0, 0.05) is 6.61 Å². The normalized spacial score (nSPS) is 15.8. The Hall–Kier alpha value is -2.89. The minimum atomic E-state index is -0.176. The Balaban J connectivity index is 1.63. The lowest BCUT2D eigenvalue weighted by atomic mass is 9.92. The summed E-state index contributed by atoms with van der Waals surface area (Å²) in [7, 11) is 0. The van der Waals surface area contributed by atoms with Crippen LogP contribution >= 0.6 is 11.8 Å². The Morgan fingerprint density at radius 3 is 2.50 bits per heavy atom. The molecule has 1 heterocycles. The van der Waals surface area contributed by atoms with Gasteiger partial charge < -0.3 is 4.74 Å². The second kappa shape index (κ2) is 6.93. The van der Waals surface area contributed by atoms with E-state index < -0.39 is 0 Å². The highest BCUT2D eigenvalue weighted by atomic mass is 32.2. The molecule has 4 aromatic rings. The van der Waals surface area contributed by atoms with Crippen LogP contribution in [0.3, 0.4) is 0 Å². The van der Waals surface area contributed by atoms with Crippen LogP contribution in [0, 0.1) is 0 Å². The number of hydrogen-bond acceptors (Lipinski definition) is 4. The maximum Gasteiger partial charge on any atom is 0.275 e. The van der Waals surface area contributed by atoms with E-state index in [4.69, 9.17) is 4.74 Å². The molecule has 1 amide bonds. The summed E-state index contributed by atoms with van der Waals surface area (Å²) in [4.78, 5) is 16.8. The van der Waals surface area contributed by atoms with Crippen molar-refractivity contribution in [3.05, 3.63) is 65.9 Å². The molecular weight excluding hydrogens is 368 g/mol. The van der Waals surface area contributed by atoms with Crippen LogP contribution < -0.4 is 5.32 Å². The van der Waals surface area contributed by atoms with Gasteiger partial charge in [-0.1, -0.05) is 66.4 Å². The van der Waals surface area contributed by atoms with E-state index in [-0.39, 0.29) is 5.91 Å². The Kier molecular flexibility index (Phi) is 4.26. The van der Waals surface area contributed by atoms with E-state index in [1.165, 1.54) is 38.7 Å². The molecule has 138 valence electrons. The molecule has 5 rings (SSSR count). The number of nitrogens with zero attached hydrogens (tertiary/aromatic N) is 1. The van der Waals surface area contributed by atoms with Crippen molar-refractivity contribution in [3.8, 4) is 0 Å². The number of thioether (sulfide) groups is 1. The fourth-order valence-electron chi connectivity index (χ4n) is 3.73. The number of amidine groups is 1. The second-order valence-corrected chi connectivity index (χ2v) is 7.58. The average Bonchev–Trinajstić information content (AvgIpc) is 3.06. The molecule has 0 bridgehead atoms. The van der Waals surface area contributed by atoms with Gasteiger partial charge in [0.05, 0.1) is 5.94 Å². The lowest BCUT2D eigenvalue weighted by Crippen LogP contribution is -2.22. The third kappa shape index (κ3) is 2.84. The summed E-state index contributed by atoms with van der Waals surface area (Å²) in [5, 5.41) is 10.7. The fourth-order valence-corrected chi connectivity index (χ4v) is 4.42. The zero-order chi connectivity index (χ0) is 19.1. The van der Waals surface area contributed by atoms with Crippen LogP contribution in [-0.2, 0) is 9.53 Å². The van der Waals surface area contributed by atoms with Crippen molar-refractivity contribution in [1.29, 1.82) is 0 Å². The first kappa shape index (κ1) is 17.2. The summed E-state index contributed by atoms with van der Waals surface area (Å²) in [6, 6.07) is 19.1. The van der Waals surface area contributed by atoms with Gasteiger partial charge in [0.1, 0.15) is 5.70 Å². The van der Waals surface area contributed by atoms with Crippen molar-refractivity contribution in [1.82, 2.24) is 5.32 Å². The minimum absolute atomic E-state index is 0.176. The molecule has 0 atom stereocenters. The Bertz CT molecular complexity index is 1260. The number of hydrogen-bond donors (Lipinski definition) is 1. The van der Waals surface area contributed by atoms with Gasteiger partial charge in [-0.15, -0.1) is 0 Å². The first-order valence-corrected chi connectivity index (χ1v) is 10.2. The SMILES string of the molecule is CCOCSC1=N/C(=C\c2ccc3ccc4cccc5ccc2c3c45)C(=O)N1. The van der Waals surface area contributed by atoms with Gasteiger partial charge in [0.15, 0.2) is 5.17 Å². The molecule has 0 saturated carbocycles. The number of benzene rings is 4. The molecule has 5 heteroatoms. The standard InChI is InChI=1S/C23H18N2O2S/c1-2-27-13-28-23-24-19(22(26)25-23)12-17-9-8-16-7-6-14-4-3-5-15-10-11-18(17)21(16)20(14)15/h3-12H,2,13H2,1H3,(H,24,25,26)/b19-12-. The number of aliphatic imine (C=N–C) groups is 1. The summed E-state index contributed by atoms with van der Waals surface area (Å²) >= 11 is 1.39. The number of carbonyl (C=O) groups is 1. The lowest BCUT2D eigenvalue weighted by molar-refractivity contribution is -0.115. The number of nitrogens with one attached hydrogen (secondary N) is 1. The molecule has 0 radical (unpaired) electrons. The topological polar surface area (TPSA) is 50.7 Å². The van der Waals surface area contributed by atoms with Crippen LogP contribution in [-0.4, -0.2) is 23.6 Å². The van der Waals surface area contributed by atoms with Crippen molar-refractivity contribution in [3.63, 3.8) is 0 Å². The summed E-state index contributed by atoms with van der Waals surface area (Å²) in [6.45, 7) is 2.58. The maximum absolute atomic E-state index is 12.3. The first-order chi connectivity index (χ1) is 13.7. The van der Waals surface area contributed by atoms with Crippen molar-refractivity contribution in [2.45, 2.75) is 6.92 Å². The van der Waals surface area contributed by atoms with Crippen molar-refractivity contribution in [2.75, 3.05) is 12.5 Å². The minimum Gasteiger partial charge on any atom is -0.371 e. The van der Waals surface area contributed by atoms with Gasteiger partial charge in [-0.05, 0) is 50.9 Å². The smallest absolute Gasteiger partial charge is 0.275 e.